The second-order valence-corrected chi connectivity index (χ2v) is 16.9. The van der Waals surface area contributed by atoms with E-state index in [4.69, 9.17) is 33.2 Å². The summed E-state index contributed by atoms with van der Waals surface area (Å²) in [6.07, 6.45) is -38.3. The average molecular weight is 1010 g/mol. The first-order chi connectivity index (χ1) is 32.1. The second kappa shape index (κ2) is 24.0. The first kappa shape index (κ1) is 57.6. The van der Waals surface area contributed by atoms with E-state index >= 15 is 0 Å². The maximum atomic E-state index is 12.9. The van der Waals surface area contributed by atoms with Gasteiger partial charge in [-0.1, -0.05) is 0 Å². The molecule has 31 heteroatoms. The maximum absolute atomic E-state index is 12.9. The SMILES string of the molecule is CC(=O)N[C@@H]1[C@@H](O[C@@H]2O[C@H](CO)[C@H](O)[C@H](O[C@]3(C(=O)O)C[C@H](O)[C@@H](NC(C)=O)[C@H]([C@H](O)[C@H](O)CO)O3)[C@H]2O)[C@@H](O)[C@@H](CO[C@]2(C(=O)O)C[C@H](O)[C@@H](NC(C)=O)[C@H]([C@H](O)[C@H](O)COC(C)=O)O2)O[C@@H]1O. The van der Waals surface area contributed by atoms with Gasteiger partial charge < -0.3 is 125 Å². The fraction of sp³-hybridized carbons (Fsp3) is 0.842. The van der Waals surface area contributed by atoms with Crippen molar-refractivity contribution in [3.63, 3.8) is 0 Å². The van der Waals surface area contributed by atoms with Crippen molar-refractivity contribution in [3.05, 3.63) is 0 Å². The Hall–Kier alpha value is -3.94. The van der Waals surface area contributed by atoms with E-state index in [1.807, 2.05) is 0 Å². The van der Waals surface area contributed by atoms with Crippen LogP contribution < -0.4 is 16.0 Å². The number of carboxylic acid groups (broad SMARTS) is 2. The predicted molar refractivity (Wildman–Crippen MR) is 213 cm³/mol. The number of ether oxygens (including phenoxy) is 8. The molecule has 0 aromatic heterocycles. The number of carbonyl (C=O) groups is 6. The molecule has 4 saturated heterocycles. The van der Waals surface area contributed by atoms with Crippen molar-refractivity contribution in [2.45, 2.75) is 174 Å². The number of amides is 3. The highest BCUT2D eigenvalue weighted by atomic mass is 16.8. The molecule has 396 valence electrons. The number of aliphatic hydroxyl groups excluding tert-OH is 12. The van der Waals surface area contributed by atoms with E-state index in [0.29, 0.717) is 0 Å². The summed E-state index contributed by atoms with van der Waals surface area (Å²) < 4.78 is 44.0. The van der Waals surface area contributed by atoms with Crippen LogP contribution in [-0.4, -0.2) is 267 Å². The van der Waals surface area contributed by atoms with E-state index in [1.54, 1.807) is 0 Å². The van der Waals surface area contributed by atoms with Gasteiger partial charge in [-0.3, -0.25) is 19.2 Å². The monoisotopic (exact) mass is 1010 g/mol. The van der Waals surface area contributed by atoms with Crippen LogP contribution in [0.25, 0.3) is 0 Å². The minimum Gasteiger partial charge on any atom is -0.477 e. The molecule has 69 heavy (non-hydrogen) atoms. The zero-order valence-electron chi connectivity index (χ0n) is 37.3. The number of carbonyl (C=O) groups excluding carboxylic acids is 4. The van der Waals surface area contributed by atoms with Crippen LogP contribution in [0.4, 0.5) is 0 Å². The molecule has 4 aliphatic heterocycles. The van der Waals surface area contributed by atoms with Crippen LogP contribution in [0.1, 0.15) is 40.5 Å². The Bertz CT molecular complexity index is 1800. The lowest BCUT2D eigenvalue weighted by Gasteiger charge is -2.51. The molecule has 22 atom stereocenters. The number of aliphatic hydroxyl groups is 12. The fourth-order valence-electron chi connectivity index (χ4n) is 8.24. The van der Waals surface area contributed by atoms with Crippen molar-refractivity contribution in [2.24, 2.45) is 0 Å². The summed E-state index contributed by atoms with van der Waals surface area (Å²) in [5, 5.41) is 158. The lowest BCUT2D eigenvalue weighted by atomic mass is 9.88. The molecule has 0 aromatic rings. The number of esters is 1. The van der Waals surface area contributed by atoms with Gasteiger partial charge in [-0.15, -0.1) is 0 Å². The lowest BCUT2D eigenvalue weighted by molar-refractivity contribution is -0.382. The zero-order chi connectivity index (χ0) is 52.0. The molecule has 0 spiro atoms. The van der Waals surface area contributed by atoms with Gasteiger partial charge >= 0.3 is 17.9 Å². The number of hydrogen-bond acceptors (Lipinski definition) is 26. The highest BCUT2D eigenvalue weighted by molar-refractivity contribution is 5.77. The zero-order valence-corrected chi connectivity index (χ0v) is 37.3. The Kier molecular flexibility index (Phi) is 20.0. The molecular formula is C38H61N3O28. The van der Waals surface area contributed by atoms with E-state index < -0.39 is 209 Å². The second-order valence-electron chi connectivity index (χ2n) is 16.9. The van der Waals surface area contributed by atoms with Crippen molar-refractivity contribution >= 4 is 35.6 Å². The Balaban J connectivity index is 1.66. The number of hydrogen-bond donors (Lipinski definition) is 17. The first-order valence-electron chi connectivity index (χ1n) is 21.2. The summed E-state index contributed by atoms with van der Waals surface area (Å²) in [7, 11) is 0. The molecule has 4 fully saturated rings. The van der Waals surface area contributed by atoms with Gasteiger partial charge in [0, 0.05) is 40.5 Å². The molecular weight excluding hydrogens is 946 g/mol. The van der Waals surface area contributed by atoms with Gasteiger partial charge in [-0.2, -0.15) is 0 Å². The lowest BCUT2D eigenvalue weighted by Crippen LogP contribution is -2.71. The minimum atomic E-state index is -3.20. The van der Waals surface area contributed by atoms with Gasteiger partial charge in [0.1, 0.15) is 92.0 Å². The molecule has 31 nitrogen and oxygen atoms in total. The van der Waals surface area contributed by atoms with Crippen LogP contribution in [0.3, 0.4) is 0 Å². The van der Waals surface area contributed by atoms with Gasteiger partial charge in [0.05, 0.1) is 44.1 Å². The predicted octanol–water partition coefficient (Wildman–Crippen LogP) is -10.3. The van der Waals surface area contributed by atoms with Crippen molar-refractivity contribution in [2.75, 3.05) is 26.4 Å². The molecule has 0 aliphatic carbocycles. The summed E-state index contributed by atoms with van der Waals surface area (Å²) in [5.74, 6) is -13.7. The van der Waals surface area contributed by atoms with E-state index in [9.17, 15) is 100 Å². The molecule has 0 bridgehead atoms. The quantitative estimate of drug-likeness (QED) is 0.0504. The smallest absolute Gasteiger partial charge is 0.364 e. The Morgan fingerprint density at radius 2 is 1.12 bits per heavy atom. The number of carboxylic acids is 2. The average Bonchev–Trinajstić information content (AvgIpc) is 3.27. The normalized spacial score (nSPS) is 40.0. The van der Waals surface area contributed by atoms with Crippen molar-refractivity contribution < 1.29 is 138 Å². The third-order valence-electron chi connectivity index (χ3n) is 11.6. The summed E-state index contributed by atoms with van der Waals surface area (Å²) in [4.78, 5) is 73.5. The number of aliphatic carboxylic acids is 2. The third-order valence-corrected chi connectivity index (χ3v) is 11.6. The van der Waals surface area contributed by atoms with E-state index in [2.05, 4.69) is 20.7 Å². The van der Waals surface area contributed by atoms with E-state index in [-0.39, 0.29) is 0 Å². The summed E-state index contributed by atoms with van der Waals surface area (Å²) in [6, 6.07) is -5.13. The van der Waals surface area contributed by atoms with Crippen LogP contribution in [0.5, 0.6) is 0 Å². The minimum absolute atomic E-state index is 0.807. The first-order valence-corrected chi connectivity index (χ1v) is 21.2. The highest BCUT2D eigenvalue weighted by Crippen LogP contribution is 2.39. The van der Waals surface area contributed by atoms with E-state index in [0.717, 1.165) is 27.7 Å². The van der Waals surface area contributed by atoms with Crippen LogP contribution in [0.15, 0.2) is 0 Å². The topological polar surface area (TPSA) is 496 Å². The molecule has 0 aromatic carbocycles. The van der Waals surface area contributed by atoms with Crippen LogP contribution in [-0.2, 0) is 66.7 Å². The molecule has 4 aliphatic rings. The largest absolute Gasteiger partial charge is 0.477 e. The molecule has 0 unspecified atom stereocenters. The van der Waals surface area contributed by atoms with Crippen molar-refractivity contribution in [1.82, 2.24) is 16.0 Å². The number of nitrogens with one attached hydrogen (secondary N) is 3. The Morgan fingerprint density at radius 3 is 1.59 bits per heavy atom. The van der Waals surface area contributed by atoms with Gasteiger partial charge in [0.15, 0.2) is 12.6 Å². The fourth-order valence-corrected chi connectivity index (χ4v) is 8.24. The van der Waals surface area contributed by atoms with Crippen LogP contribution in [0.2, 0.25) is 0 Å². The van der Waals surface area contributed by atoms with Gasteiger partial charge in [0.2, 0.25) is 17.7 Å². The summed E-state index contributed by atoms with van der Waals surface area (Å²) in [5.41, 5.74) is 0. The Morgan fingerprint density at radius 1 is 0.638 bits per heavy atom. The number of rotatable bonds is 20. The van der Waals surface area contributed by atoms with Gasteiger partial charge in [0.25, 0.3) is 11.6 Å². The molecule has 4 rings (SSSR count). The Labute approximate surface area is 390 Å². The van der Waals surface area contributed by atoms with Crippen LogP contribution >= 0.6 is 0 Å². The third kappa shape index (κ3) is 13.3. The summed E-state index contributed by atoms with van der Waals surface area (Å²) in [6.45, 7) is -0.369. The van der Waals surface area contributed by atoms with Crippen LogP contribution in [0, 0.1) is 0 Å². The van der Waals surface area contributed by atoms with Gasteiger partial charge in [-0.25, -0.2) is 9.59 Å². The molecule has 17 N–H and O–H groups in total. The summed E-state index contributed by atoms with van der Waals surface area (Å²) >= 11 is 0. The molecule has 3 amide bonds. The molecule has 0 saturated carbocycles. The highest BCUT2D eigenvalue weighted by Gasteiger charge is 2.61. The molecule has 0 radical (unpaired) electrons. The van der Waals surface area contributed by atoms with Gasteiger partial charge in [-0.05, 0) is 0 Å². The standard InChI is InChI=1S/C38H61N3O28/c1-11(44)39-21-15(48)5-37(35(58)59,67-31(21)25(53)18(51)9-62-14(4)47)63-10-20-27(55)29(23(33(57)64-20)41-13(3)46)66-34-28(56)32(26(54)19(8-43)65-34)69-38(36(60)61)6-16(49)22(40-12(2)45)30(68-38)24(52)17(50)7-42/h15-34,42-43,48-57H,5-10H2,1-4H3,(H,39,44)(H,40,45)(H,41,46)(H,58,59)(H,60,61)/t15-,16-,17+,18+,19+,20+,21+,22+,23+,24+,25+,26-,27-,28+,29+,30+,31+,32-,33-,34-,37+,38-/m0/s1. The van der Waals surface area contributed by atoms with E-state index in [1.165, 1.54) is 0 Å². The van der Waals surface area contributed by atoms with Crippen molar-refractivity contribution in [3.8, 4) is 0 Å². The maximum Gasteiger partial charge on any atom is 0.364 e. The van der Waals surface area contributed by atoms with Crippen molar-refractivity contribution in [1.29, 1.82) is 0 Å². The molecule has 4 heterocycles.